The number of nitrogens with zero attached hydrogens (tertiary/aromatic N) is 2. The number of hydrogen-bond donors (Lipinski definition) is 0. The number of benzene rings is 1. The van der Waals surface area contributed by atoms with Gasteiger partial charge in [-0.2, -0.15) is 0 Å². The fourth-order valence-electron chi connectivity index (χ4n) is 2.03. The first-order valence-corrected chi connectivity index (χ1v) is 7.04. The molecule has 98 valence electrons. The van der Waals surface area contributed by atoms with E-state index in [-0.39, 0.29) is 10.6 Å². The summed E-state index contributed by atoms with van der Waals surface area (Å²) in [5, 5.41) is 10.9. The quantitative estimate of drug-likeness (QED) is 0.595. The second kappa shape index (κ2) is 5.80. The van der Waals surface area contributed by atoms with Crippen molar-refractivity contribution in [3.63, 3.8) is 0 Å². The molecule has 1 aliphatic rings. The maximum atomic E-state index is 10.9. The number of rotatable bonds is 6. The Balaban J connectivity index is 2.07. The van der Waals surface area contributed by atoms with Gasteiger partial charge in [0.25, 0.3) is 5.69 Å². The average Bonchev–Trinajstić information content (AvgIpc) is 3.14. The second-order valence-electron chi connectivity index (χ2n) is 4.81. The average molecular weight is 313 g/mol. The molecule has 1 aromatic rings. The molecule has 1 aliphatic carbocycles. The molecule has 0 amide bonds. The Morgan fingerprint density at radius 3 is 2.78 bits per heavy atom. The van der Waals surface area contributed by atoms with Crippen LogP contribution in [-0.2, 0) is 6.54 Å². The molecule has 0 unspecified atom stereocenters. The van der Waals surface area contributed by atoms with Crippen LogP contribution in [0.1, 0.15) is 25.3 Å². The molecule has 0 heterocycles. The van der Waals surface area contributed by atoms with E-state index in [1.165, 1.54) is 12.8 Å². The lowest BCUT2D eigenvalue weighted by Crippen LogP contribution is -2.25. The van der Waals surface area contributed by atoms with Gasteiger partial charge in [0.15, 0.2) is 0 Å². The summed E-state index contributed by atoms with van der Waals surface area (Å²) >= 11 is 3.21. The Hall–Kier alpha value is -0.940. The highest BCUT2D eigenvalue weighted by molar-refractivity contribution is 9.10. The fraction of sp³-hybridized carbons (Fsp3) is 0.538. The zero-order valence-corrected chi connectivity index (χ0v) is 12.0. The SMILES string of the molecule is CCN(Cc1ccc(Br)c([N+](=O)[O-])c1)CC1CC1. The van der Waals surface area contributed by atoms with Gasteiger partial charge in [-0.05, 0) is 52.9 Å². The molecule has 4 nitrogen and oxygen atoms in total. The van der Waals surface area contributed by atoms with Gasteiger partial charge in [-0.25, -0.2) is 0 Å². The summed E-state index contributed by atoms with van der Waals surface area (Å²) in [6.45, 7) is 5.03. The highest BCUT2D eigenvalue weighted by Gasteiger charge is 2.24. The molecule has 2 rings (SSSR count). The molecule has 0 bridgehead atoms. The Bertz CT molecular complexity index is 447. The van der Waals surface area contributed by atoms with Gasteiger partial charge in [-0.3, -0.25) is 15.0 Å². The summed E-state index contributed by atoms with van der Waals surface area (Å²) in [6, 6.07) is 5.38. The maximum absolute atomic E-state index is 10.9. The molecule has 0 spiro atoms. The van der Waals surface area contributed by atoms with E-state index in [1.807, 2.05) is 6.07 Å². The van der Waals surface area contributed by atoms with Crippen molar-refractivity contribution < 1.29 is 4.92 Å². The van der Waals surface area contributed by atoms with Gasteiger partial charge in [-0.1, -0.05) is 13.0 Å². The lowest BCUT2D eigenvalue weighted by atomic mass is 10.2. The summed E-state index contributed by atoms with van der Waals surface area (Å²) < 4.78 is 0.543. The standard InChI is InChI=1S/C13H17BrN2O2/c1-2-15(8-10-3-4-10)9-11-5-6-12(14)13(7-11)16(17)18/h5-7,10H,2-4,8-9H2,1H3. The number of halogens is 1. The van der Waals surface area contributed by atoms with E-state index >= 15 is 0 Å². The predicted octanol–water partition coefficient (Wildman–Crippen LogP) is 3.59. The third-order valence-corrected chi connectivity index (χ3v) is 3.94. The van der Waals surface area contributed by atoms with Crippen LogP contribution in [0.3, 0.4) is 0 Å². The lowest BCUT2D eigenvalue weighted by molar-refractivity contribution is -0.385. The summed E-state index contributed by atoms with van der Waals surface area (Å²) in [5.41, 5.74) is 1.15. The van der Waals surface area contributed by atoms with Crippen molar-refractivity contribution in [2.75, 3.05) is 13.1 Å². The molecule has 0 aromatic heterocycles. The third-order valence-electron chi connectivity index (χ3n) is 3.27. The Morgan fingerprint density at radius 1 is 1.50 bits per heavy atom. The molecule has 0 N–H and O–H groups in total. The predicted molar refractivity (Wildman–Crippen MR) is 74.5 cm³/mol. The topological polar surface area (TPSA) is 46.4 Å². The van der Waals surface area contributed by atoms with Gasteiger partial charge in [0, 0.05) is 19.2 Å². The Kier molecular flexibility index (Phi) is 4.35. The smallest absolute Gasteiger partial charge is 0.283 e. The van der Waals surface area contributed by atoms with Crippen molar-refractivity contribution in [1.29, 1.82) is 0 Å². The van der Waals surface area contributed by atoms with Crippen LogP contribution in [0.2, 0.25) is 0 Å². The highest BCUT2D eigenvalue weighted by atomic mass is 79.9. The van der Waals surface area contributed by atoms with Gasteiger partial charge in [-0.15, -0.1) is 0 Å². The summed E-state index contributed by atoms with van der Waals surface area (Å²) in [6.07, 6.45) is 2.66. The Morgan fingerprint density at radius 2 is 2.22 bits per heavy atom. The number of nitro groups is 1. The van der Waals surface area contributed by atoms with E-state index in [1.54, 1.807) is 12.1 Å². The maximum Gasteiger partial charge on any atom is 0.283 e. The minimum absolute atomic E-state index is 0.148. The fourth-order valence-corrected chi connectivity index (χ4v) is 2.42. The monoisotopic (exact) mass is 312 g/mol. The zero-order chi connectivity index (χ0) is 13.1. The van der Waals surface area contributed by atoms with E-state index < -0.39 is 0 Å². The highest BCUT2D eigenvalue weighted by Crippen LogP contribution is 2.31. The third kappa shape index (κ3) is 3.53. The van der Waals surface area contributed by atoms with Gasteiger partial charge >= 0.3 is 0 Å². The second-order valence-corrected chi connectivity index (χ2v) is 5.67. The first-order valence-electron chi connectivity index (χ1n) is 6.25. The normalized spacial score (nSPS) is 15.1. The van der Waals surface area contributed by atoms with Crippen molar-refractivity contribution >= 4 is 21.6 Å². The van der Waals surface area contributed by atoms with Gasteiger partial charge < -0.3 is 0 Å². The summed E-state index contributed by atoms with van der Waals surface area (Å²) in [5.74, 6) is 0.843. The van der Waals surface area contributed by atoms with E-state index in [0.29, 0.717) is 4.47 Å². The first-order chi connectivity index (χ1) is 8.60. The van der Waals surface area contributed by atoms with Crippen LogP contribution < -0.4 is 0 Å². The molecule has 0 radical (unpaired) electrons. The van der Waals surface area contributed by atoms with Crippen LogP contribution in [0.15, 0.2) is 22.7 Å². The molecule has 1 saturated carbocycles. The van der Waals surface area contributed by atoms with Crippen molar-refractivity contribution in [3.8, 4) is 0 Å². The molecule has 0 atom stereocenters. The van der Waals surface area contributed by atoms with Gasteiger partial charge in [0.1, 0.15) is 0 Å². The molecular formula is C13H17BrN2O2. The minimum Gasteiger partial charge on any atom is -0.299 e. The van der Waals surface area contributed by atoms with Crippen LogP contribution in [0.25, 0.3) is 0 Å². The summed E-state index contributed by atoms with van der Waals surface area (Å²) in [4.78, 5) is 12.9. The minimum atomic E-state index is -0.343. The molecule has 18 heavy (non-hydrogen) atoms. The first kappa shape index (κ1) is 13.5. The van der Waals surface area contributed by atoms with Crippen molar-refractivity contribution in [3.05, 3.63) is 38.3 Å². The number of hydrogen-bond acceptors (Lipinski definition) is 3. The molecule has 0 saturated heterocycles. The van der Waals surface area contributed by atoms with E-state index in [0.717, 1.165) is 31.1 Å². The Labute approximate surface area is 115 Å². The lowest BCUT2D eigenvalue weighted by Gasteiger charge is -2.20. The van der Waals surface area contributed by atoms with Crippen LogP contribution in [0.4, 0.5) is 5.69 Å². The van der Waals surface area contributed by atoms with E-state index in [2.05, 4.69) is 27.8 Å². The van der Waals surface area contributed by atoms with Crippen molar-refractivity contribution in [2.45, 2.75) is 26.3 Å². The molecule has 5 heteroatoms. The largest absolute Gasteiger partial charge is 0.299 e. The molecule has 1 aromatic carbocycles. The van der Waals surface area contributed by atoms with Crippen molar-refractivity contribution in [1.82, 2.24) is 4.90 Å². The molecule has 0 aliphatic heterocycles. The van der Waals surface area contributed by atoms with Gasteiger partial charge in [0.2, 0.25) is 0 Å². The van der Waals surface area contributed by atoms with Gasteiger partial charge in [0.05, 0.1) is 9.40 Å². The summed E-state index contributed by atoms with van der Waals surface area (Å²) in [7, 11) is 0. The van der Waals surface area contributed by atoms with Crippen LogP contribution in [-0.4, -0.2) is 22.9 Å². The van der Waals surface area contributed by atoms with Crippen LogP contribution in [0, 0.1) is 16.0 Å². The van der Waals surface area contributed by atoms with E-state index in [9.17, 15) is 10.1 Å². The molecule has 1 fully saturated rings. The molecular weight excluding hydrogens is 296 g/mol. The van der Waals surface area contributed by atoms with Crippen molar-refractivity contribution in [2.24, 2.45) is 5.92 Å². The zero-order valence-electron chi connectivity index (χ0n) is 10.4. The van der Waals surface area contributed by atoms with Crippen LogP contribution >= 0.6 is 15.9 Å². The number of nitro benzene ring substituents is 1. The van der Waals surface area contributed by atoms with E-state index in [4.69, 9.17) is 0 Å². The van der Waals surface area contributed by atoms with Crippen LogP contribution in [0.5, 0.6) is 0 Å².